The zero-order valence-corrected chi connectivity index (χ0v) is 11.6. The number of aryl methyl sites for hydroxylation is 1. The van der Waals surface area contributed by atoms with Gasteiger partial charge in [0.05, 0.1) is 5.69 Å². The highest BCUT2D eigenvalue weighted by molar-refractivity contribution is 5.62. The Morgan fingerprint density at radius 1 is 1.25 bits per heavy atom. The molecule has 2 N–H and O–H groups in total. The molecule has 0 aliphatic carbocycles. The first-order valence-corrected chi connectivity index (χ1v) is 6.60. The Hall–Kier alpha value is -1.82. The summed E-state index contributed by atoms with van der Waals surface area (Å²) >= 11 is 0. The van der Waals surface area contributed by atoms with Gasteiger partial charge in [-0.15, -0.1) is 5.10 Å². The first-order valence-electron chi connectivity index (χ1n) is 6.60. The lowest BCUT2D eigenvalue weighted by Gasteiger charge is -2.09. The number of benzene rings is 1. The van der Waals surface area contributed by atoms with Crippen molar-refractivity contribution in [3.05, 3.63) is 35.5 Å². The molecule has 1 heterocycles. The highest BCUT2D eigenvalue weighted by atomic mass is 19.2. The summed E-state index contributed by atoms with van der Waals surface area (Å²) in [7, 11) is 0. The molecule has 0 atom stereocenters. The van der Waals surface area contributed by atoms with Crippen molar-refractivity contribution >= 4 is 0 Å². The molecule has 6 heteroatoms. The van der Waals surface area contributed by atoms with Gasteiger partial charge in [-0.1, -0.05) is 19.1 Å². The summed E-state index contributed by atoms with van der Waals surface area (Å²) in [5.74, 6) is -1.25. The molecule has 2 aromatic rings. The monoisotopic (exact) mass is 280 g/mol. The smallest absolute Gasteiger partial charge is 0.159 e. The molecule has 0 fully saturated rings. The van der Waals surface area contributed by atoms with E-state index in [2.05, 4.69) is 24.2 Å². The molecule has 0 bridgehead atoms. The molecule has 0 aliphatic rings. The molecular formula is C14H18F2N4. The van der Waals surface area contributed by atoms with Crippen LogP contribution in [-0.2, 0) is 13.1 Å². The second kappa shape index (κ2) is 6.09. The summed E-state index contributed by atoms with van der Waals surface area (Å²) < 4.78 is 28.1. The molecule has 1 aromatic carbocycles. The van der Waals surface area contributed by atoms with E-state index in [0.29, 0.717) is 29.4 Å². The van der Waals surface area contributed by atoms with Gasteiger partial charge in [0.25, 0.3) is 0 Å². The van der Waals surface area contributed by atoms with Crippen LogP contribution in [0, 0.1) is 17.6 Å². The van der Waals surface area contributed by atoms with Gasteiger partial charge in [0, 0.05) is 18.7 Å². The molecule has 0 aliphatic heterocycles. The number of rotatable bonds is 5. The van der Waals surface area contributed by atoms with E-state index < -0.39 is 11.6 Å². The summed E-state index contributed by atoms with van der Waals surface area (Å²) in [5, 5.41) is 8.07. The normalized spacial score (nSPS) is 11.3. The van der Waals surface area contributed by atoms with Gasteiger partial charge in [0.15, 0.2) is 11.6 Å². The Morgan fingerprint density at radius 2 is 2.00 bits per heavy atom. The van der Waals surface area contributed by atoms with Crippen molar-refractivity contribution in [2.45, 2.75) is 33.4 Å². The largest absolute Gasteiger partial charge is 0.325 e. The minimum absolute atomic E-state index is 0.204. The van der Waals surface area contributed by atoms with Crippen molar-refractivity contribution in [1.82, 2.24) is 15.0 Å². The second-order valence-electron chi connectivity index (χ2n) is 5.12. The van der Waals surface area contributed by atoms with Crippen molar-refractivity contribution in [2.75, 3.05) is 0 Å². The van der Waals surface area contributed by atoms with E-state index in [-0.39, 0.29) is 6.54 Å². The predicted octanol–water partition coefficient (Wildman–Crippen LogP) is 2.73. The molecule has 0 unspecified atom stereocenters. The quantitative estimate of drug-likeness (QED) is 0.916. The standard InChI is InChI=1S/C14H18F2N4/c1-9(2)5-6-20-14(13(8-17)18-19-20)10-3-4-11(15)12(16)7-10/h3-4,7,9H,5-6,8,17H2,1-2H3. The molecule has 2 rings (SSSR count). The fraction of sp³-hybridized carbons (Fsp3) is 0.429. The lowest BCUT2D eigenvalue weighted by molar-refractivity contribution is 0.480. The van der Waals surface area contributed by atoms with Crippen molar-refractivity contribution in [2.24, 2.45) is 11.7 Å². The van der Waals surface area contributed by atoms with Crippen LogP contribution < -0.4 is 5.73 Å². The summed E-state index contributed by atoms with van der Waals surface area (Å²) in [5.41, 5.74) is 7.42. The number of aromatic nitrogens is 3. The zero-order valence-electron chi connectivity index (χ0n) is 11.6. The first-order chi connectivity index (χ1) is 9.52. The van der Waals surface area contributed by atoms with Crippen LogP contribution in [0.25, 0.3) is 11.3 Å². The fourth-order valence-electron chi connectivity index (χ4n) is 1.98. The molecular weight excluding hydrogens is 262 g/mol. The number of nitrogens with zero attached hydrogens (tertiary/aromatic N) is 3. The van der Waals surface area contributed by atoms with Crippen molar-refractivity contribution in [3.8, 4) is 11.3 Å². The van der Waals surface area contributed by atoms with Crippen molar-refractivity contribution < 1.29 is 8.78 Å². The van der Waals surface area contributed by atoms with Crippen LogP contribution in [0.4, 0.5) is 8.78 Å². The lowest BCUT2D eigenvalue weighted by Crippen LogP contribution is -2.07. The number of hydrogen-bond acceptors (Lipinski definition) is 3. The Kier molecular flexibility index (Phi) is 4.44. The number of halogens is 2. The highest BCUT2D eigenvalue weighted by Gasteiger charge is 2.15. The SMILES string of the molecule is CC(C)CCn1nnc(CN)c1-c1ccc(F)c(F)c1. The minimum atomic E-state index is -0.887. The summed E-state index contributed by atoms with van der Waals surface area (Å²) in [6.07, 6.45) is 0.921. The van der Waals surface area contributed by atoms with Gasteiger partial charge in [-0.25, -0.2) is 13.5 Å². The molecule has 108 valence electrons. The second-order valence-corrected chi connectivity index (χ2v) is 5.12. The summed E-state index contributed by atoms with van der Waals surface area (Å²) in [6, 6.07) is 3.77. The van der Waals surface area contributed by atoms with Crippen molar-refractivity contribution in [1.29, 1.82) is 0 Å². The first kappa shape index (κ1) is 14.6. The van der Waals surface area contributed by atoms with Crippen LogP contribution in [0.5, 0.6) is 0 Å². The van der Waals surface area contributed by atoms with E-state index >= 15 is 0 Å². The molecule has 0 saturated carbocycles. The van der Waals surface area contributed by atoms with Gasteiger partial charge < -0.3 is 5.73 Å². The van der Waals surface area contributed by atoms with Gasteiger partial charge in [-0.2, -0.15) is 0 Å². The number of hydrogen-bond donors (Lipinski definition) is 1. The van der Waals surface area contributed by atoms with E-state index in [4.69, 9.17) is 5.73 Å². The maximum absolute atomic E-state index is 13.4. The van der Waals surface area contributed by atoms with Crippen LogP contribution in [-0.4, -0.2) is 15.0 Å². The van der Waals surface area contributed by atoms with Gasteiger partial charge in [0.2, 0.25) is 0 Å². The van der Waals surface area contributed by atoms with Gasteiger partial charge in [-0.05, 0) is 30.5 Å². The zero-order chi connectivity index (χ0) is 14.7. The molecule has 20 heavy (non-hydrogen) atoms. The molecule has 0 radical (unpaired) electrons. The van der Waals surface area contributed by atoms with Gasteiger partial charge >= 0.3 is 0 Å². The fourth-order valence-corrected chi connectivity index (χ4v) is 1.98. The van der Waals surface area contributed by atoms with E-state index in [9.17, 15) is 8.78 Å². The van der Waals surface area contributed by atoms with Crippen LogP contribution in [0.3, 0.4) is 0 Å². The van der Waals surface area contributed by atoms with Gasteiger partial charge in [-0.3, -0.25) is 0 Å². The van der Waals surface area contributed by atoms with Crippen LogP contribution >= 0.6 is 0 Å². The third-order valence-corrected chi connectivity index (χ3v) is 3.11. The third kappa shape index (κ3) is 3.01. The van der Waals surface area contributed by atoms with E-state index in [1.165, 1.54) is 6.07 Å². The van der Waals surface area contributed by atoms with Crippen LogP contribution in [0.1, 0.15) is 26.0 Å². The van der Waals surface area contributed by atoms with E-state index in [1.54, 1.807) is 4.68 Å². The minimum Gasteiger partial charge on any atom is -0.325 e. The molecule has 1 aromatic heterocycles. The Morgan fingerprint density at radius 3 is 2.60 bits per heavy atom. The summed E-state index contributed by atoms with van der Waals surface area (Å²) in [6.45, 7) is 5.09. The average Bonchev–Trinajstić information content (AvgIpc) is 2.82. The average molecular weight is 280 g/mol. The third-order valence-electron chi connectivity index (χ3n) is 3.11. The highest BCUT2D eigenvalue weighted by Crippen LogP contribution is 2.24. The van der Waals surface area contributed by atoms with E-state index in [1.807, 2.05) is 0 Å². The van der Waals surface area contributed by atoms with Crippen molar-refractivity contribution in [3.63, 3.8) is 0 Å². The van der Waals surface area contributed by atoms with Gasteiger partial charge in [0.1, 0.15) is 5.69 Å². The Labute approximate surface area is 116 Å². The molecule has 4 nitrogen and oxygen atoms in total. The van der Waals surface area contributed by atoms with Crippen LogP contribution in [0.2, 0.25) is 0 Å². The topological polar surface area (TPSA) is 56.7 Å². The lowest BCUT2D eigenvalue weighted by atomic mass is 10.1. The Balaban J connectivity index is 2.41. The predicted molar refractivity (Wildman–Crippen MR) is 72.7 cm³/mol. The molecule has 0 saturated heterocycles. The summed E-state index contributed by atoms with van der Waals surface area (Å²) in [4.78, 5) is 0. The van der Waals surface area contributed by atoms with Crippen LogP contribution in [0.15, 0.2) is 18.2 Å². The Bertz CT molecular complexity index is 593. The van der Waals surface area contributed by atoms with E-state index in [0.717, 1.165) is 18.6 Å². The maximum Gasteiger partial charge on any atom is 0.159 e. The maximum atomic E-state index is 13.4. The molecule has 0 spiro atoms. The molecule has 0 amide bonds. The number of nitrogens with two attached hydrogens (primary N) is 1.